The molecule has 0 aliphatic carbocycles. The number of β-amino-alcohol motifs (C(OH)–C–C–N with tert-alkyl or cyclic N) is 1. The molecule has 8 nitrogen and oxygen atoms in total. The van der Waals surface area contributed by atoms with Crippen LogP contribution in [0.4, 0.5) is 5.69 Å². The molecular formula is C11H15N3O5S. The van der Waals surface area contributed by atoms with Gasteiger partial charge in [0.15, 0.2) is 4.90 Å². The normalized spacial score (nSPS) is 22.9. The molecule has 0 spiro atoms. The number of aliphatic hydroxyl groups is 1. The summed E-state index contributed by atoms with van der Waals surface area (Å²) < 4.78 is 26.5. The molecular weight excluding hydrogens is 286 g/mol. The molecule has 2 atom stereocenters. The van der Waals surface area contributed by atoms with E-state index < -0.39 is 26.7 Å². The third kappa shape index (κ3) is 3.31. The molecule has 1 heterocycles. The number of nitro groups is 1. The number of hydrogen-bond donors (Lipinski definition) is 3. The topological polar surface area (TPSA) is 122 Å². The van der Waals surface area contributed by atoms with Crippen molar-refractivity contribution in [2.45, 2.75) is 23.5 Å². The fourth-order valence-electron chi connectivity index (χ4n) is 2.08. The van der Waals surface area contributed by atoms with Gasteiger partial charge in [-0.15, -0.1) is 0 Å². The number of sulfonamides is 1. The highest BCUT2D eigenvalue weighted by Gasteiger charge is 2.27. The zero-order chi connectivity index (χ0) is 14.8. The Morgan fingerprint density at radius 1 is 1.45 bits per heavy atom. The fourth-order valence-corrected chi connectivity index (χ4v) is 3.33. The second kappa shape index (κ2) is 5.83. The lowest BCUT2D eigenvalue weighted by atomic mass is 10.2. The van der Waals surface area contributed by atoms with Crippen LogP contribution in [0.1, 0.15) is 6.42 Å². The number of benzene rings is 1. The van der Waals surface area contributed by atoms with Gasteiger partial charge in [0, 0.05) is 25.2 Å². The van der Waals surface area contributed by atoms with E-state index in [0.717, 1.165) is 6.07 Å². The number of hydrogen-bond acceptors (Lipinski definition) is 6. The number of nitrogens with zero attached hydrogens (tertiary/aromatic N) is 1. The maximum Gasteiger partial charge on any atom is 0.289 e. The van der Waals surface area contributed by atoms with Crippen LogP contribution in [0.5, 0.6) is 0 Å². The van der Waals surface area contributed by atoms with Crippen LogP contribution in [0.3, 0.4) is 0 Å². The van der Waals surface area contributed by atoms with E-state index in [1.807, 2.05) is 0 Å². The molecule has 9 heteroatoms. The molecule has 20 heavy (non-hydrogen) atoms. The van der Waals surface area contributed by atoms with Crippen LogP contribution < -0.4 is 10.0 Å². The molecule has 1 aromatic carbocycles. The summed E-state index contributed by atoms with van der Waals surface area (Å²) in [6.45, 7) is 0.489. The molecule has 1 fully saturated rings. The molecule has 0 unspecified atom stereocenters. The number of aliphatic hydroxyl groups excluding tert-OH is 1. The van der Waals surface area contributed by atoms with Crippen molar-refractivity contribution in [2.24, 2.45) is 0 Å². The Bertz CT molecular complexity index is 604. The molecule has 3 N–H and O–H groups in total. The van der Waals surface area contributed by atoms with E-state index in [0.29, 0.717) is 13.0 Å². The van der Waals surface area contributed by atoms with Crippen LogP contribution in [-0.4, -0.2) is 43.7 Å². The Morgan fingerprint density at radius 2 is 2.15 bits per heavy atom. The van der Waals surface area contributed by atoms with Crippen molar-refractivity contribution < 1.29 is 18.4 Å². The number of para-hydroxylation sites is 1. The first-order valence-corrected chi connectivity index (χ1v) is 7.53. The highest BCUT2D eigenvalue weighted by molar-refractivity contribution is 7.89. The Hall–Kier alpha value is -1.55. The first-order valence-electron chi connectivity index (χ1n) is 6.04. The minimum absolute atomic E-state index is 0.0748. The van der Waals surface area contributed by atoms with Crippen molar-refractivity contribution in [3.05, 3.63) is 34.4 Å². The number of nitrogens with one attached hydrogen (secondary N) is 2. The molecule has 1 aliphatic heterocycles. The predicted molar refractivity (Wildman–Crippen MR) is 70.7 cm³/mol. The third-order valence-corrected chi connectivity index (χ3v) is 4.54. The van der Waals surface area contributed by atoms with E-state index in [1.54, 1.807) is 0 Å². The van der Waals surface area contributed by atoms with E-state index in [1.165, 1.54) is 18.2 Å². The molecule has 1 aliphatic rings. The minimum Gasteiger partial charge on any atom is -0.392 e. The van der Waals surface area contributed by atoms with Crippen molar-refractivity contribution >= 4 is 15.7 Å². The summed E-state index contributed by atoms with van der Waals surface area (Å²) in [7, 11) is -3.95. The fraction of sp³-hybridized carbons (Fsp3) is 0.455. The molecule has 0 aromatic heterocycles. The summed E-state index contributed by atoms with van der Waals surface area (Å²) in [4.78, 5) is 9.75. The average Bonchev–Trinajstić information content (AvgIpc) is 2.82. The Labute approximate surface area is 116 Å². The van der Waals surface area contributed by atoms with Gasteiger partial charge in [0.2, 0.25) is 10.0 Å². The molecule has 1 saturated heterocycles. The van der Waals surface area contributed by atoms with E-state index in [-0.39, 0.29) is 17.5 Å². The Kier molecular flexibility index (Phi) is 4.33. The maximum atomic E-state index is 12.1. The zero-order valence-corrected chi connectivity index (χ0v) is 11.3. The molecule has 0 amide bonds. The van der Waals surface area contributed by atoms with Crippen LogP contribution in [0.25, 0.3) is 0 Å². The van der Waals surface area contributed by atoms with Crippen LogP contribution >= 0.6 is 0 Å². The van der Waals surface area contributed by atoms with Crippen molar-refractivity contribution in [3.63, 3.8) is 0 Å². The molecule has 2 rings (SSSR count). The summed E-state index contributed by atoms with van der Waals surface area (Å²) in [5, 5.41) is 23.1. The van der Waals surface area contributed by atoms with Gasteiger partial charge in [-0.2, -0.15) is 0 Å². The molecule has 0 radical (unpaired) electrons. The standard InChI is InChI=1S/C11H15N3O5S/c15-9-5-8(12-7-9)6-13-20(18,19)11-4-2-1-3-10(11)14(16)17/h1-4,8-9,12-13,15H,5-7H2/t8-,9+/m0/s1. The zero-order valence-electron chi connectivity index (χ0n) is 10.5. The van der Waals surface area contributed by atoms with Crippen LogP contribution in [-0.2, 0) is 10.0 Å². The first-order chi connectivity index (χ1) is 9.40. The van der Waals surface area contributed by atoms with Gasteiger partial charge >= 0.3 is 0 Å². The largest absolute Gasteiger partial charge is 0.392 e. The van der Waals surface area contributed by atoms with Gasteiger partial charge in [0.25, 0.3) is 5.69 Å². The van der Waals surface area contributed by atoms with E-state index in [9.17, 15) is 23.6 Å². The van der Waals surface area contributed by atoms with Gasteiger partial charge in [-0.3, -0.25) is 10.1 Å². The molecule has 110 valence electrons. The number of rotatable bonds is 5. The van der Waals surface area contributed by atoms with Gasteiger partial charge in [-0.25, -0.2) is 13.1 Å². The lowest BCUT2D eigenvalue weighted by Crippen LogP contribution is -2.37. The number of nitro benzene ring substituents is 1. The van der Waals surface area contributed by atoms with E-state index in [4.69, 9.17) is 0 Å². The van der Waals surface area contributed by atoms with Gasteiger partial charge in [-0.05, 0) is 12.5 Å². The molecule has 0 saturated carbocycles. The monoisotopic (exact) mass is 301 g/mol. The second-order valence-corrected chi connectivity index (χ2v) is 6.31. The summed E-state index contributed by atoms with van der Waals surface area (Å²) in [5.74, 6) is 0. The Balaban J connectivity index is 2.12. The van der Waals surface area contributed by atoms with Gasteiger partial charge in [-0.1, -0.05) is 12.1 Å². The summed E-state index contributed by atoms with van der Waals surface area (Å²) in [5.41, 5.74) is -0.459. The highest BCUT2D eigenvalue weighted by atomic mass is 32.2. The highest BCUT2D eigenvalue weighted by Crippen LogP contribution is 2.22. The molecule has 1 aromatic rings. The average molecular weight is 301 g/mol. The summed E-state index contributed by atoms with van der Waals surface area (Å²) in [6, 6.07) is 5.00. The second-order valence-electron chi connectivity index (χ2n) is 4.57. The summed E-state index contributed by atoms with van der Waals surface area (Å²) >= 11 is 0. The predicted octanol–water partition coefficient (Wildman–Crippen LogP) is -0.404. The SMILES string of the molecule is O=[N+]([O-])c1ccccc1S(=O)(=O)NC[C@@H]1C[C@@H](O)CN1. The molecule has 0 bridgehead atoms. The third-order valence-electron chi connectivity index (χ3n) is 3.07. The summed E-state index contributed by atoms with van der Waals surface area (Å²) in [6.07, 6.45) is -0.0464. The van der Waals surface area contributed by atoms with Crippen molar-refractivity contribution in [1.29, 1.82) is 0 Å². The lowest BCUT2D eigenvalue weighted by molar-refractivity contribution is -0.387. The van der Waals surface area contributed by atoms with E-state index >= 15 is 0 Å². The maximum absolute atomic E-state index is 12.1. The van der Waals surface area contributed by atoms with Crippen molar-refractivity contribution in [3.8, 4) is 0 Å². The lowest BCUT2D eigenvalue weighted by Gasteiger charge is -2.12. The van der Waals surface area contributed by atoms with Crippen LogP contribution in [0, 0.1) is 10.1 Å². The van der Waals surface area contributed by atoms with Crippen molar-refractivity contribution in [2.75, 3.05) is 13.1 Å². The van der Waals surface area contributed by atoms with Crippen LogP contribution in [0.15, 0.2) is 29.2 Å². The first kappa shape index (κ1) is 14.9. The Morgan fingerprint density at radius 3 is 2.75 bits per heavy atom. The minimum atomic E-state index is -3.95. The van der Waals surface area contributed by atoms with Crippen molar-refractivity contribution in [1.82, 2.24) is 10.0 Å². The van der Waals surface area contributed by atoms with Gasteiger partial charge in [0.05, 0.1) is 11.0 Å². The van der Waals surface area contributed by atoms with Gasteiger partial charge in [0.1, 0.15) is 0 Å². The quantitative estimate of drug-likeness (QED) is 0.502. The van der Waals surface area contributed by atoms with E-state index in [2.05, 4.69) is 10.0 Å². The smallest absolute Gasteiger partial charge is 0.289 e. The van der Waals surface area contributed by atoms with Crippen LogP contribution in [0.2, 0.25) is 0 Å². The van der Waals surface area contributed by atoms with Gasteiger partial charge < -0.3 is 10.4 Å².